The van der Waals surface area contributed by atoms with E-state index in [2.05, 4.69) is 22.3 Å². The van der Waals surface area contributed by atoms with E-state index in [1.54, 1.807) is 21.8 Å². The Morgan fingerprint density at radius 2 is 1.97 bits per heavy atom. The SMILES string of the molecule is C[C@@H]1CN(c2ccnn3cc(-c4cnn(CC5(C#N)CC5)c4)cc23)C(=O)[C@]1(C#N)C1CC1. The zero-order chi connectivity index (χ0) is 22.1. The standard InChI is InChI=1S/C24H23N7O/c1-16-10-30(22(32)24(16,14-26)19-2-3-19)20-4-7-27-31-12-17(8-21(20)31)18-9-28-29(11-18)15-23(13-25)5-6-23/h4,7-9,11-12,16,19H,2-3,5-6,10,15H2,1H3/t16-,24+/m1/s1. The van der Waals surface area contributed by atoms with Gasteiger partial charge in [0, 0.05) is 42.2 Å². The van der Waals surface area contributed by atoms with Crippen LogP contribution >= 0.6 is 0 Å². The summed E-state index contributed by atoms with van der Waals surface area (Å²) in [5.74, 6) is 0.0855. The molecule has 0 aromatic carbocycles. The molecule has 0 N–H and O–H groups in total. The lowest BCUT2D eigenvalue weighted by Gasteiger charge is -2.23. The Kier molecular flexibility index (Phi) is 3.83. The number of carbonyl (C=O) groups is 1. The van der Waals surface area contributed by atoms with E-state index in [1.807, 2.05) is 36.1 Å². The topological polar surface area (TPSA) is 103 Å². The molecule has 8 heteroatoms. The molecule has 3 aromatic rings. The van der Waals surface area contributed by atoms with Crippen molar-refractivity contribution in [2.75, 3.05) is 11.4 Å². The Labute approximate surface area is 185 Å². The van der Waals surface area contributed by atoms with Crippen LogP contribution in [0.15, 0.2) is 36.9 Å². The van der Waals surface area contributed by atoms with Crippen molar-refractivity contribution in [1.29, 1.82) is 10.5 Å². The molecule has 3 aliphatic rings. The summed E-state index contributed by atoms with van der Waals surface area (Å²) in [6.45, 7) is 3.17. The number of rotatable bonds is 5. The lowest BCUT2D eigenvalue weighted by Crippen LogP contribution is -2.37. The summed E-state index contributed by atoms with van der Waals surface area (Å²) in [4.78, 5) is 15.3. The molecule has 4 heterocycles. The number of carbonyl (C=O) groups excluding carboxylic acids is 1. The van der Waals surface area contributed by atoms with E-state index in [9.17, 15) is 15.3 Å². The van der Waals surface area contributed by atoms with Crippen molar-refractivity contribution in [3.63, 3.8) is 0 Å². The maximum absolute atomic E-state index is 13.5. The monoisotopic (exact) mass is 425 g/mol. The lowest BCUT2D eigenvalue weighted by atomic mass is 9.75. The highest BCUT2D eigenvalue weighted by Crippen LogP contribution is 2.54. The van der Waals surface area contributed by atoms with Gasteiger partial charge in [0.05, 0.1) is 41.5 Å². The number of nitriles is 2. The van der Waals surface area contributed by atoms with E-state index in [0.29, 0.717) is 13.1 Å². The number of amides is 1. The highest BCUT2D eigenvalue weighted by atomic mass is 16.2. The fourth-order valence-corrected chi connectivity index (χ4v) is 5.26. The van der Waals surface area contributed by atoms with Crippen LogP contribution in [0.25, 0.3) is 16.6 Å². The molecule has 1 saturated heterocycles. The van der Waals surface area contributed by atoms with Gasteiger partial charge in [-0.1, -0.05) is 6.92 Å². The zero-order valence-corrected chi connectivity index (χ0v) is 17.9. The highest BCUT2D eigenvalue weighted by Gasteiger charge is 2.61. The minimum atomic E-state index is -0.906. The van der Waals surface area contributed by atoms with E-state index in [4.69, 9.17) is 0 Å². The molecule has 8 nitrogen and oxygen atoms in total. The maximum Gasteiger partial charge on any atom is 0.248 e. The molecule has 0 radical (unpaired) electrons. The Morgan fingerprint density at radius 1 is 1.16 bits per heavy atom. The van der Waals surface area contributed by atoms with Crippen LogP contribution < -0.4 is 4.90 Å². The van der Waals surface area contributed by atoms with Crippen molar-refractivity contribution in [2.24, 2.45) is 22.7 Å². The van der Waals surface area contributed by atoms with Gasteiger partial charge in [-0.05, 0) is 43.7 Å². The summed E-state index contributed by atoms with van der Waals surface area (Å²) in [6, 6.07) is 8.68. The van der Waals surface area contributed by atoms with Gasteiger partial charge < -0.3 is 4.90 Å². The molecule has 160 valence electrons. The second-order valence-corrected chi connectivity index (χ2v) is 9.67. The van der Waals surface area contributed by atoms with Crippen LogP contribution in [0.4, 0.5) is 5.69 Å². The lowest BCUT2D eigenvalue weighted by molar-refractivity contribution is -0.124. The third kappa shape index (κ3) is 2.62. The van der Waals surface area contributed by atoms with E-state index in [-0.39, 0.29) is 23.2 Å². The average Bonchev–Trinajstić information content (AvgIpc) is 3.67. The van der Waals surface area contributed by atoms with Crippen LogP contribution in [-0.2, 0) is 11.3 Å². The van der Waals surface area contributed by atoms with Gasteiger partial charge in [0.25, 0.3) is 0 Å². The van der Waals surface area contributed by atoms with Crippen LogP contribution in [0.1, 0.15) is 32.6 Å². The fourth-order valence-electron chi connectivity index (χ4n) is 5.26. The zero-order valence-electron chi connectivity index (χ0n) is 17.9. The van der Waals surface area contributed by atoms with Gasteiger partial charge >= 0.3 is 0 Å². The molecular weight excluding hydrogens is 402 g/mol. The first-order chi connectivity index (χ1) is 15.5. The Morgan fingerprint density at radius 3 is 2.66 bits per heavy atom. The molecule has 32 heavy (non-hydrogen) atoms. The van der Waals surface area contributed by atoms with E-state index in [0.717, 1.165) is 48.0 Å². The summed E-state index contributed by atoms with van der Waals surface area (Å²) < 4.78 is 3.62. The van der Waals surface area contributed by atoms with Gasteiger partial charge in [-0.3, -0.25) is 9.48 Å². The van der Waals surface area contributed by atoms with Crippen LogP contribution in [0.2, 0.25) is 0 Å². The van der Waals surface area contributed by atoms with Crippen LogP contribution in [-0.4, -0.2) is 31.8 Å². The molecule has 0 spiro atoms. The Bertz CT molecular complexity index is 1330. The van der Waals surface area contributed by atoms with Gasteiger partial charge in [-0.25, -0.2) is 4.52 Å². The number of hydrogen-bond acceptors (Lipinski definition) is 5. The highest BCUT2D eigenvalue weighted by molar-refractivity contribution is 6.05. The first kappa shape index (κ1) is 19.1. The van der Waals surface area contributed by atoms with E-state index < -0.39 is 5.41 Å². The largest absolute Gasteiger partial charge is 0.309 e. The molecule has 6 rings (SSSR count). The summed E-state index contributed by atoms with van der Waals surface area (Å²) in [6.07, 6.45) is 11.2. The van der Waals surface area contributed by atoms with Crippen LogP contribution in [0.5, 0.6) is 0 Å². The van der Waals surface area contributed by atoms with Crippen LogP contribution in [0, 0.1) is 45.3 Å². The third-order valence-corrected chi connectivity index (χ3v) is 7.54. The first-order valence-electron chi connectivity index (χ1n) is 11.1. The number of hydrogen-bond donors (Lipinski definition) is 0. The summed E-state index contributed by atoms with van der Waals surface area (Å²) >= 11 is 0. The first-order valence-corrected chi connectivity index (χ1v) is 11.1. The predicted molar refractivity (Wildman–Crippen MR) is 116 cm³/mol. The van der Waals surface area contributed by atoms with Crippen molar-refractivity contribution in [3.8, 4) is 23.3 Å². The van der Waals surface area contributed by atoms with Crippen LogP contribution in [0.3, 0.4) is 0 Å². The summed E-state index contributed by atoms with van der Waals surface area (Å²) in [7, 11) is 0. The van der Waals surface area contributed by atoms with Crippen molar-refractivity contribution >= 4 is 17.1 Å². The molecule has 3 fully saturated rings. The van der Waals surface area contributed by atoms with Gasteiger partial charge in [0.15, 0.2) is 0 Å². The summed E-state index contributed by atoms with van der Waals surface area (Å²) in [5, 5.41) is 28.2. The molecule has 2 aliphatic carbocycles. The molecule has 0 unspecified atom stereocenters. The van der Waals surface area contributed by atoms with E-state index >= 15 is 0 Å². The van der Waals surface area contributed by atoms with Crippen molar-refractivity contribution in [2.45, 2.75) is 39.2 Å². The maximum atomic E-state index is 13.5. The number of anilines is 1. The second kappa shape index (κ2) is 6.43. The molecular formula is C24H23N7O. The van der Waals surface area contributed by atoms with Gasteiger partial charge in [-0.15, -0.1) is 0 Å². The minimum absolute atomic E-state index is 0.0109. The molecule has 1 amide bonds. The van der Waals surface area contributed by atoms with Gasteiger partial charge in [0.1, 0.15) is 5.41 Å². The molecule has 2 saturated carbocycles. The second-order valence-electron chi connectivity index (χ2n) is 9.67. The molecule has 3 aromatic heterocycles. The Hall–Kier alpha value is -3.65. The van der Waals surface area contributed by atoms with Gasteiger partial charge in [0.2, 0.25) is 5.91 Å². The van der Waals surface area contributed by atoms with Crippen molar-refractivity contribution in [3.05, 3.63) is 36.9 Å². The van der Waals surface area contributed by atoms with Crippen molar-refractivity contribution in [1.82, 2.24) is 19.4 Å². The quantitative estimate of drug-likeness (QED) is 0.623. The molecule has 2 atom stereocenters. The molecule has 1 aliphatic heterocycles. The van der Waals surface area contributed by atoms with Gasteiger partial charge in [-0.2, -0.15) is 20.7 Å². The smallest absolute Gasteiger partial charge is 0.248 e. The number of nitrogens with zero attached hydrogens (tertiary/aromatic N) is 7. The Balaban J connectivity index is 1.35. The summed E-state index contributed by atoms with van der Waals surface area (Å²) in [5.41, 5.74) is 2.35. The average molecular weight is 425 g/mol. The minimum Gasteiger partial charge on any atom is -0.309 e. The molecule has 0 bridgehead atoms. The normalized spacial score (nSPS) is 26.3. The van der Waals surface area contributed by atoms with Crippen molar-refractivity contribution < 1.29 is 4.79 Å². The third-order valence-electron chi connectivity index (χ3n) is 7.54. The number of fused-ring (bicyclic) bond motifs is 1. The predicted octanol–water partition coefficient (Wildman–Crippen LogP) is 3.40. The fraction of sp³-hybridized carbons (Fsp3) is 0.458. The number of aromatic nitrogens is 4. The van der Waals surface area contributed by atoms with E-state index in [1.165, 1.54) is 0 Å².